The Kier molecular flexibility index (Phi) is 4.69. The topological polar surface area (TPSA) is 9.23 Å². The van der Waals surface area contributed by atoms with E-state index in [-0.39, 0.29) is 6.02 Å². The first kappa shape index (κ1) is 5.32. The SMILES string of the molecule is [3H]C([SiH3])CCOCC. The molecule has 0 aromatic heterocycles. The van der Waals surface area contributed by atoms with Crippen LogP contribution in [0.5, 0.6) is 0 Å². The Labute approximate surface area is 49.9 Å². The third-order valence-corrected chi connectivity index (χ3v) is 1.33. The maximum atomic E-state index is 7.14. The van der Waals surface area contributed by atoms with Gasteiger partial charge >= 0.3 is 0 Å². The summed E-state index contributed by atoms with van der Waals surface area (Å²) >= 11 is 0. The van der Waals surface area contributed by atoms with Crippen molar-refractivity contribution in [3.05, 3.63) is 0 Å². The second-order valence-electron chi connectivity index (χ2n) is 1.39. The molecule has 0 saturated carbocycles. The van der Waals surface area contributed by atoms with Crippen LogP contribution in [0.2, 0.25) is 6.02 Å². The van der Waals surface area contributed by atoms with Crippen LogP contribution >= 0.6 is 0 Å². The van der Waals surface area contributed by atoms with Crippen LogP contribution in [0.4, 0.5) is 0 Å². The molecule has 0 rings (SSSR count). The molecule has 0 aliphatic heterocycles. The molecule has 0 N–H and O–H groups in total. The van der Waals surface area contributed by atoms with Gasteiger partial charge in [0, 0.05) is 24.8 Å². The van der Waals surface area contributed by atoms with E-state index >= 15 is 0 Å². The van der Waals surface area contributed by atoms with Crippen LogP contribution in [0, 0.1) is 0 Å². The summed E-state index contributed by atoms with van der Waals surface area (Å²) in [7, 11) is 0.972. The van der Waals surface area contributed by atoms with Crippen molar-refractivity contribution >= 4 is 10.2 Å². The van der Waals surface area contributed by atoms with Crippen molar-refractivity contribution in [3.8, 4) is 0 Å². The minimum absolute atomic E-state index is 0.168. The second kappa shape index (κ2) is 6.18. The predicted octanol–water partition coefficient (Wildman–Crippen LogP) is 0.197. The summed E-state index contributed by atoms with van der Waals surface area (Å²) < 4.78 is 12.2. The molecule has 7 heavy (non-hydrogen) atoms. The van der Waals surface area contributed by atoms with E-state index in [9.17, 15) is 0 Å². The molecular weight excluding hydrogens is 104 g/mol. The monoisotopic (exact) mass is 120 g/mol. The predicted molar refractivity (Wildman–Crippen MR) is 35.9 cm³/mol. The Balaban J connectivity index is 2.72. The second-order valence-corrected chi connectivity index (χ2v) is 2.21. The summed E-state index contributed by atoms with van der Waals surface area (Å²) in [6, 6.07) is 0.168. The molecule has 1 atom stereocenters. The van der Waals surface area contributed by atoms with Crippen LogP contribution in [0.3, 0.4) is 0 Å². The lowest BCUT2D eigenvalue weighted by molar-refractivity contribution is 0.148. The van der Waals surface area contributed by atoms with E-state index in [0.29, 0.717) is 0 Å². The smallest absolute Gasteiger partial charge is 0.0462 e. The molecule has 0 aromatic rings. The molecule has 0 fully saturated rings. The Morgan fingerprint density at radius 2 is 2.57 bits per heavy atom. The van der Waals surface area contributed by atoms with Crippen LogP contribution in [0.25, 0.3) is 0 Å². The van der Waals surface area contributed by atoms with Crippen molar-refractivity contribution in [2.24, 2.45) is 0 Å². The molecule has 2 heteroatoms. The van der Waals surface area contributed by atoms with Gasteiger partial charge < -0.3 is 4.74 Å². The molecule has 0 heterocycles. The maximum Gasteiger partial charge on any atom is 0.0462 e. The quantitative estimate of drug-likeness (QED) is 0.380. The highest BCUT2D eigenvalue weighted by Crippen LogP contribution is 1.83. The summed E-state index contributed by atoms with van der Waals surface area (Å²) in [5, 5.41) is 0. The van der Waals surface area contributed by atoms with Crippen molar-refractivity contribution in [2.45, 2.75) is 19.4 Å². The fourth-order valence-electron chi connectivity index (χ4n) is 0.346. The van der Waals surface area contributed by atoms with Gasteiger partial charge in [-0.2, -0.15) is 0 Å². The van der Waals surface area contributed by atoms with Gasteiger partial charge in [-0.15, -0.1) is 0 Å². The Morgan fingerprint density at radius 1 is 1.86 bits per heavy atom. The van der Waals surface area contributed by atoms with Gasteiger partial charge in [-0.25, -0.2) is 0 Å². The van der Waals surface area contributed by atoms with E-state index in [1.165, 1.54) is 0 Å². The molecule has 0 aliphatic rings. The minimum atomic E-state index is 0.168. The molecule has 0 radical (unpaired) electrons. The van der Waals surface area contributed by atoms with Gasteiger partial charge in [0.2, 0.25) is 0 Å². The fourth-order valence-corrected chi connectivity index (χ4v) is 0.581. The molecule has 0 amide bonds. The van der Waals surface area contributed by atoms with Crippen LogP contribution in [-0.4, -0.2) is 23.5 Å². The van der Waals surface area contributed by atoms with E-state index in [1.54, 1.807) is 0 Å². The van der Waals surface area contributed by atoms with E-state index < -0.39 is 0 Å². The van der Waals surface area contributed by atoms with Gasteiger partial charge in [-0.1, -0.05) is 6.02 Å². The molecule has 0 bridgehead atoms. The zero-order valence-corrected chi connectivity index (χ0v) is 7.11. The van der Waals surface area contributed by atoms with E-state index in [2.05, 4.69) is 0 Å². The highest BCUT2D eigenvalue weighted by Gasteiger charge is 1.78. The standard InChI is InChI=1S/C5H14OSi/c1-2-6-4-3-5-7/h2-5H2,1,7H3/i5T. The van der Waals surface area contributed by atoms with E-state index in [0.717, 1.165) is 29.9 Å². The van der Waals surface area contributed by atoms with Gasteiger partial charge in [0.25, 0.3) is 0 Å². The molecule has 0 saturated heterocycles. The third kappa shape index (κ3) is 6.18. The molecule has 44 valence electrons. The van der Waals surface area contributed by atoms with Crippen molar-refractivity contribution in [1.29, 1.82) is 0 Å². The van der Waals surface area contributed by atoms with Crippen LogP contribution in [0.1, 0.15) is 14.7 Å². The normalized spacial score (nSPS) is 16.4. The minimum Gasteiger partial charge on any atom is -0.382 e. The van der Waals surface area contributed by atoms with Gasteiger partial charge in [-0.05, 0) is 13.3 Å². The lowest BCUT2D eigenvalue weighted by Crippen LogP contribution is -1.91. The first-order chi connectivity index (χ1) is 3.77. The van der Waals surface area contributed by atoms with Crippen molar-refractivity contribution < 1.29 is 6.11 Å². The first-order valence-corrected chi connectivity index (χ1v) is 3.92. The highest BCUT2D eigenvalue weighted by atomic mass is 28.1. The van der Waals surface area contributed by atoms with Crippen LogP contribution < -0.4 is 0 Å². The molecular formula is C5H14OSi. The lowest BCUT2D eigenvalue weighted by atomic mass is 10.5. The third-order valence-electron chi connectivity index (χ3n) is 0.755. The number of hydrogen-bond acceptors (Lipinski definition) is 1. The van der Waals surface area contributed by atoms with Crippen molar-refractivity contribution in [3.63, 3.8) is 0 Å². The summed E-state index contributed by atoms with van der Waals surface area (Å²) in [4.78, 5) is 0. The summed E-state index contributed by atoms with van der Waals surface area (Å²) in [6.45, 7) is 3.54. The van der Waals surface area contributed by atoms with Gasteiger partial charge in [0.15, 0.2) is 0 Å². The zero-order chi connectivity index (χ0) is 6.41. The molecule has 0 spiro atoms. The average molecular weight is 120 g/mol. The molecule has 0 aromatic carbocycles. The fraction of sp³-hybridized carbons (Fsp3) is 1.00. The molecule has 1 nitrogen and oxygen atoms in total. The number of rotatable bonds is 4. The van der Waals surface area contributed by atoms with Crippen LogP contribution in [0.15, 0.2) is 0 Å². The Hall–Kier alpha value is 0.177. The van der Waals surface area contributed by atoms with Gasteiger partial charge in [0.05, 0.1) is 0 Å². The first-order valence-electron chi connectivity index (χ1n) is 3.35. The van der Waals surface area contributed by atoms with E-state index in [4.69, 9.17) is 6.11 Å². The Morgan fingerprint density at radius 3 is 3.00 bits per heavy atom. The largest absolute Gasteiger partial charge is 0.382 e. The average Bonchev–Trinajstić information content (AvgIpc) is 1.66. The van der Waals surface area contributed by atoms with Gasteiger partial charge in [0.1, 0.15) is 0 Å². The van der Waals surface area contributed by atoms with Gasteiger partial charge in [-0.3, -0.25) is 0 Å². The molecule has 1 unspecified atom stereocenters. The number of hydrogen-bond donors (Lipinski definition) is 0. The van der Waals surface area contributed by atoms with Crippen LogP contribution in [-0.2, 0) is 4.74 Å². The maximum absolute atomic E-state index is 7.14. The summed E-state index contributed by atoms with van der Waals surface area (Å²) in [5.74, 6) is 0. The van der Waals surface area contributed by atoms with E-state index in [1.807, 2.05) is 6.92 Å². The summed E-state index contributed by atoms with van der Waals surface area (Å²) in [5.41, 5.74) is 0. The lowest BCUT2D eigenvalue weighted by Gasteiger charge is -1.94. The molecule has 0 aliphatic carbocycles. The van der Waals surface area contributed by atoms with Crippen molar-refractivity contribution in [1.82, 2.24) is 0 Å². The zero-order valence-electron chi connectivity index (χ0n) is 6.11. The highest BCUT2D eigenvalue weighted by molar-refractivity contribution is 6.08. The number of ether oxygens (including phenoxy) is 1. The summed E-state index contributed by atoms with van der Waals surface area (Å²) in [6.07, 6.45) is 0.917. The Bertz CT molecular complexity index is 49.7. The van der Waals surface area contributed by atoms with Crippen molar-refractivity contribution in [2.75, 3.05) is 13.2 Å².